The fourth-order valence-corrected chi connectivity index (χ4v) is 2.40. The SMILES string of the molecule is NC(=O)Cc1ccccc1NC(=O)NC1CCCC1. The second kappa shape index (κ2) is 6.22. The van der Waals surface area contributed by atoms with E-state index in [9.17, 15) is 9.59 Å². The van der Waals surface area contributed by atoms with Crippen molar-refractivity contribution in [2.45, 2.75) is 38.1 Å². The van der Waals surface area contributed by atoms with E-state index in [1.807, 2.05) is 12.1 Å². The summed E-state index contributed by atoms with van der Waals surface area (Å²) in [7, 11) is 0. The molecule has 1 aromatic carbocycles. The number of amides is 3. The lowest BCUT2D eigenvalue weighted by Gasteiger charge is -2.14. The summed E-state index contributed by atoms with van der Waals surface area (Å²) in [5, 5.41) is 5.73. The van der Waals surface area contributed by atoms with Gasteiger partial charge >= 0.3 is 6.03 Å². The normalized spacial score (nSPS) is 15.2. The molecule has 0 unspecified atom stereocenters. The number of hydrogen-bond donors (Lipinski definition) is 3. The van der Waals surface area contributed by atoms with E-state index in [2.05, 4.69) is 10.6 Å². The number of nitrogens with one attached hydrogen (secondary N) is 2. The summed E-state index contributed by atoms with van der Waals surface area (Å²) in [5.74, 6) is -0.412. The van der Waals surface area contributed by atoms with Gasteiger partial charge in [-0.05, 0) is 24.5 Å². The Morgan fingerprint density at radius 2 is 1.89 bits per heavy atom. The van der Waals surface area contributed by atoms with Crippen LogP contribution in [-0.4, -0.2) is 18.0 Å². The number of carbonyl (C=O) groups is 2. The third-order valence-electron chi connectivity index (χ3n) is 3.32. The molecule has 1 aromatic rings. The third kappa shape index (κ3) is 3.98. The van der Waals surface area contributed by atoms with Crippen LogP contribution in [-0.2, 0) is 11.2 Å². The van der Waals surface area contributed by atoms with Crippen molar-refractivity contribution >= 4 is 17.6 Å². The smallest absolute Gasteiger partial charge is 0.319 e. The van der Waals surface area contributed by atoms with Crippen LogP contribution >= 0.6 is 0 Å². The summed E-state index contributed by atoms with van der Waals surface area (Å²) in [6, 6.07) is 7.24. The van der Waals surface area contributed by atoms with Gasteiger partial charge in [0.05, 0.1) is 6.42 Å². The number of hydrogen-bond acceptors (Lipinski definition) is 2. The maximum atomic E-state index is 11.9. The molecule has 1 aliphatic carbocycles. The topological polar surface area (TPSA) is 84.2 Å². The molecule has 4 N–H and O–H groups in total. The van der Waals surface area contributed by atoms with Crippen LogP contribution in [0.3, 0.4) is 0 Å². The lowest BCUT2D eigenvalue weighted by molar-refractivity contribution is -0.117. The molecule has 3 amide bonds. The second-order valence-electron chi connectivity index (χ2n) is 4.88. The quantitative estimate of drug-likeness (QED) is 0.771. The van der Waals surface area contributed by atoms with Crippen LogP contribution < -0.4 is 16.4 Å². The predicted molar refractivity (Wildman–Crippen MR) is 73.8 cm³/mol. The maximum absolute atomic E-state index is 11.9. The predicted octanol–water partition coefficient (Wildman–Crippen LogP) is 1.78. The van der Waals surface area contributed by atoms with Gasteiger partial charge in [-0.3, -0.25) is 4.79 Å². The van der Waals surface area contributed by atoms with Crippen LogP contribution in [0.25, 0.3) is 0 Å². The van der Waals surface area contributed by atoms with Crippen molar-refractivity contribution in [1.82, 2.24) is 5.32 Å². The van der Waals surface area contributed by atoms with Gasteiger partial charge in [0.15, 0.2) is 0 Å². The zero-order chi connectivity index (χ0) is 13.7. The third-order valence-corrected chi connectivity index (χ3v) is 3.32. The van der Waals surface area contributed by atoms with Crippen molar-refractivity contribution in [3.63, 3.8) is 0 Å². The van der Waals surface area contributed by atoms with Crippen LogP contribution in [0, 0.1) is 0 Å². The van der Waals surface area contributed by atoms with Gasteiger partial charge in [0.2, 0.25) is 5.91 Å². The lowest BCUT2D eigenvalue weighted by atomic mass is 10.1. The number of primary amides is 1. The van der Waals surface area contributed by atoms with E-state index < -0.39 is 5.91 Å². The molecule has 1 fully saturated rings. The van der Waals surface area contributed by atoms with Crippen molar-refractivity contribution in [1.29, 1.82) is 0 Å². The van der Waals surface area contributed by atoms with E-state index >= 15 is 0 Å². The van der Waals surface area contributed by atoms with Gasteiger partial charge in [-0.25, -0.2) is 4.79 Å². The first-order valence-electron chi connectivity index (χ1n) is 6.59. The molecule has 0 bridgehead atoms. The van der Waals surface area contributed by atoms with Crippen molar-refractivity contribution < 1.29 is 9.59 Å². The molecular formula is C14H19N3O2. The Morgan fingerprint density at radius 1 is 1.21 bits per heavy atom. The van der Waals surface area contributed by atoms with E-state index in [0.717, 1.165) is 18.4 Å². The molecule has 1 saturated carbocycles. The van der Waals surface area contributed by atoms with Gasteiger partial charge in [0, 0.05) is 11.7 Å². The Labute approximate surface area is 112 Å². The van der Waals surface area contributed by atoms with Crippen LogP contribution in [0.1, 0.15) is 31.2 Å². The Bertz CT molecular complexity index is 468. The number of anilines is 1. The second-order valence-corrected chi connectivity index (χ2v) is 4.88. The van der Waals surface area contributed by atoms with E-state index in [1.165, 1.54) is 12.8 Å². The molecule has 5 nitrogen and oxygen atoms in total. The van der Waals surface area contributed by atoms with Crippen LogP contribution in [0.4, 0.5) is 10.5 Å². The minimum absolute atomic E-state index is 0.125. The monoisotopic (exact) mass is 261 g/mol. The van der Waals surface area contributed by atoms with Crippen LogP contribution in [0.5, 0.6) is 0 Å². The van der Waals surface area contributed by atoms with Crippen LogP contribution in [0.2, 0.25) is 0 Å². The Balaban J connectivity index is 1.97. The van der Waals surface area contributed by atoms with Crippen molar-refractivity contribution in [2.24, 2.45) is 5.73 Å². The summed E-state index contributed by atoms with van der Waals surface area (Å²) in [6.45, 7) is 0. The first-order chi connectivity index (χ1) is 9.15. The molecule has 19 heavy (non-hydrogen) atoms. The zero-order valence-corrected chi connectivity index (χ0v) is 10.8. The summed E-state index contributed by atoms with van der Waals surface area (Å²) in [5.41, 5.74) is 6.56. The summed E-state index contributed by atoms with van der Waals surface area (Å²) in [6.07, 6.45) is 4.54. The molecule has 0 spiro atoms. The fraction of sp³-hybridized carbons (Fsp3) is 0.429. The molecule has 0 heterocycles. The highest BCUT2D eigenvalue weighted by molar-refractivity contribution is 5.91. The largest absolute Gasteiger partial charge is 0.369 e. The Hall–Kier alpha value is -2.04. The molecule has 2 rings (SSSR count). The van der Waals surface area contributed by atoms with Gasteiger partial charge in [0.1, 0.15) is 0 Å². The maximum Gasteiger partial charge on any atom is 0.319 e. The molecule has 0 radical (unpaired) electrons. The van der Waals surface area contributed by atoms with Crippen molar-refractivity contribution in [3.05, 3.63) is 29.8 Å². The average molecular weight is 261 g/mol. The molecule has 0 saturated heterocycles. The van der Waals surface area contributed by atoms with E-state index in [-0.39, 0.29) is 18.5 Å². The summed E-state index contributed by atoms with van der Waals surface area (Å²) in [4.78, 5) is 22.8. The number of carbonyl (C=O) groups excluding carboxylic acids is 2. The van der Waals surface area contributed by atoms with Gasteiger partial charge in [-0.2, -0.15) is 0 Å². The van der Waals surface area contributed by atoms with E-state index in [0.29, 0.717) is 5.69 Å². The molecular weight excluding hydrogens is 242 g/mol. The number of rotatable bonds is 4. The number of nitrogens with two attached hydrogens (primary N) is 1. The zero-order valence-electron chi connectivity index (χ0n) is 10.8. The first-order valence-corrected chi connectivity index (χ1v) is 6.59. The highest BCUT2D eigenvalue weighted by Gasteiger charge is 2.17. The average Bonchev–Trinajstić information content (AvgIpc) is 2.83. The molecule has 102 valence electrons. The van der Waals surface area contributed by atoms with E-state index in [4.69, 9.17) is 5.73 Å². The standard InChI is InChI=1S/C14H19N3O2/c15-13(18)9-10-5-1-4-8-12(10)17-14(19)16-11-6-2-3-7-11/h1,4-5,8,11H,2-3,6-7,9H2,(H2,15,18)(H2,16,17,19). The number of benzene rings is 1. The minimum atomic E-state index is -0.412. The molecule has 0 atom stereocenters. The fourth-order valence-electron chi connectivity index (χ4n) is 2.40. The van der Waals surface area contributed by atoms with Crippen LogP contribution in [0.15, 0.2) is 24.3 Å². The number of urea groups is 1. The summed E-state index contributed by atoms with van der Waals surface area (Å²) < 4.78 is 0. The van der Waals surface area contributed by atoms with Gasteiger partial charge in [0.25, 0.3) is 0 Å². The van der Waals surface area contributed by atoms with Crippen molar-refractivity contribution in [2.75, 3.05) is 5.32 Å². The minimum Gasteiger partial charge on any atom is -0.369 e. The molecule has 5 heteroatoms. The first kappa shape index (κ1) is 13.4. The van der Waals surface area contributed by atoms with Gasteiger partial charge in [-0.1, -0.05) is 31.0 Å². The Morgan fingerprint density at radius 3 is 2.58 bits per heavy atom. The van der Waals surface area contributed by atoms with Gasteiger partial charge < -0.3 is 16.4 Å². The highest BCUT2D eigenvalue weighted by atomic mass is 16.2. The summed E-state index contributed by atoms with van der Waals surface area (Å²) >= 11 is 0. The highest BCUT2D eigenvalue weighted by Crippen LogP contribution is 2.19. The molecule has 0 aliphatic heterocycles. The molecule has 0 aromatic heterocycles. The Kier molecular flexibility index (Phi) is 4.39. The molecule has 1 aliphatic rings. The van der Waals surface area contributed by atoms with Crippen molar-refractivity contribution in [3.8, 4) is 0 Å². The number of para-hydroxylation sites is 1. The van der Waals surface area contributed by atoms with Gasteiger partial charge in [-0.15, -0.1) is 0 Å². The van der Waals surface area contributed by atoms with E-state index in [1.54, 1.807) is 12.1 Å². The lowest BCUT2D eigenvalue weighted by Crippen LogP contribution is -2.36.